The molecular weight excluding hydrogens is 196 g/mol. The summed E-state index contributed by atoms with van der Waals surface area (Å²) in [5, 5.41) is 9.58. The van der Waals surface area contributed by atoms with Gasteiger partial charge in [0.15, 0.2) is 0 Å². The van der Waals surface area contributed by atoms with Crippen molar-refractivity contribution in [1.29, 1.82) is 5.26 Å². The second kappa shape index (κ2) is 4.27. The Hall–Kier alpha value is -1.33. The van der Waals surface area contributed by atoms with Gasteiger partial charge < -0.3 is 4.90 Å². The van der Waals surface area contributed by atoms with Gasteiger partial charge in [-0.2, -0.15) is 5.26 Å². The predicted molar refractivity (Wildman–Crippen MR) is 65.0 cm³/mol. The lowest BCUT2D eigenvalue weighted by molar-refractivity contribution is 0.157. The Labute approximate surface area is 97.5 Å². The molecule has 1 heterocycles. The Morgan fingerprint density at radius 1 is 1.38 bits per heavy atom. The van der Waals surface area contributed by atoms with Crippen LogP contribution < -0.4 is 0 Å². The second-order valence-electron chi connectivity index (χ2n) is 4.86. The minimum atomic E-state index is -0.284. The highest BCUT2D eigenvalue weighted by molar-refractivity contribution is 5.34. The molecule has 0 N–H and O–H groups in total. The van der Waals surface area contributed by atoms with Gasteiger partial charge in [-0.25, -0.2) is 0 Å². The summed E-state index contributed by atoms with van der Waals surface area (Å²) in [5.74, 6) is 0.388. The van der Waals surface area contributed by atoms with Crippen molar-refractivity contribution >= 4 is 0 Å². The van der Waals surface area contributed by atoms with Crippen LogP contribution in [0.4, 0.5) is 0 Å². The quantitative estimate of drug-likeness (QED) is 0.718. The third kappa shape index (κ3) is 1.72. The SMILES string of the molecule is C[C@@H]1CN(C)CC[C@@]1(C#N)c1ccccc1. The molecule has 0 radical (unpaired) electrons. The van der Waals surface area contributed by atoms with E-state index in [0.717, 1.165) is 19.5 Å². The molecule has 1 aromatic carbocycles. The summed E-state index contributed by atoms with van der Waals surface area (Å²) in [7, 11) is 2.13. The van der Waals surface area contributed by atoms with Gasteiger partial charge in [-0.3, -0.25) is 0 Å². The highest BCUT2D eigenvalue weighted by atomic mass is 15.1. The number of benzene rings is 1. The summed E-state index contributed by atoms with van der Waals surface area (Å²) in [4.78, 5) is 2.31. The van der Waals surface area contributed by atoms with Crippen LogP contribution >= 0.6 is 0 Å². The van der Waals surface area contributed by atoms with Gasteiger partial charge in [0.25, 0.3) is 0 Å². The molecule has 2 heteroatoms. The number of nitriles is 1. The van der Waals surface area contributed by atoms with Crippen molar-refractivity contribution in [3.05, 3.63) is 35.9 Å². The van der Waals surface area contributed by atoms with Gasteiger partial charge in [-0.05, 0) is 31.5 Å². The lowest BCUT2D eigenvalue weighted by Gasteiger charge is -2.41. The summed E-state index contributed by atoms with van der Waals surface area (Å²) in [5.41, 5.74) is 0.895. The first-order valence-electron chi connectivity index (χ1n) is 5.84. The Morgan fingerprint density at radius 3 is 2.62 bits per heavy atom. The van der Waals surface area contributed by atoms with E-state index in [1.807, 2.05) is 18.2 Å². The molecule has 2 atom stereocenters. The van der Waals surface area contributed by atoms with Gasteiger partial charge in [0.05, 0.1) is 11.5 Å². The standard InChI is InChI=1S/C14H18N2/c1-12-10-16(2)9-8-14(12,11-15)13-6-4-3-5-7-13/h3-7,12H,8-10H2,1-2H3/t12-,14+/m1/s1. The molecule has 0 saturated carbocycles. The van der Waals surface area contributed by atoms with Crippen LogP contribution in [0.3, 0.4) is 0 Å². The molecule has 0 aromatic heterocycles. The minimum Gasteiger partial charge on any atom is -0.306 e. The van der Waals surface area contributed by atoms with E-state index in [0.29, 0.717) is 5.92 Å². The molecule has 2 nitrogen and oxygen atoms in total. The number of hydrogen-bond donors (Lipinski definition) is 0. The number of piperidine rings is 1. The van der Waals surface area contributed by atoms with Crippen LogP contribution in [0.15, 0.2) is 30.3 Å². The zero-order valence-electron chi connectivity index (χ0n) is 9.98. The lowest BCUT2D eigenvalue weighted by atomic mass is 9.68. The first-order valence-corrected chi connectivity index (χ1v) is 5.84. The van der Waals surface area contributed by atoms with Crippen molar-refractivity contribution in [3.8, 4) is 6.07 Å². The van der Waals surface area contributed by atoms with E-state index in [1.165, 1.54) is 5.56 Å². The van der Waals surface area contributed by atoms with E-state index in [-0.39, 0.29) is 5.41 Å². The first-order chi connectivity index (χ1) is 7.69. The molecule has 84 valence electrons. The van der Waals surface area contributed by atoms with Crippen molar-refractivity contribution in [1.82, 2.24) is 4.90 Å². The van der Waals surface area contributed by atoms with Gasteiger partial charge in [-0.15, -0.1) is 0 Å². The highest BCUT2D eigenvalue weighted by Gasteiger charge is 2.41. The van der Waals surface area contributed by atoms with Crippen LogP contribution in [-0.4, -0.2) is 25.0 Å². The van der Waals surface area contributed by atoms with E-state index in [1.54, 1.807) is 0 Å². The molecule has 1 fully saturated rings. The van der Waals surface area contributed by atoms with E-state index in [9.17, 15) is 5.26 Å². The van der Waals surface area contributed by atoms with E-state index in [4.69, 9.17) is 0 Å². The van der Waals surface area contributed by atoms with Crippen molar-refractivity contribution < 1.29 is 0 Å². The van der Waals surface area contributed by atoms with Gasteiger partial charge >= 0.3 is 0 Å². The monoisotopic (exact) mass is 214 g/mol. The Bertz CT molecular complexity index is 393. The number of likely N-dealkylation sites (tertiary alicyclic amines) is 1. The molecule has 0 aliphatic carbocycles. The van der Waals surface area contributed by atoms with Crippen LogP contribution in [0.2, 0.25) is 0 Å². The molecule has 1 aliphatic rings. The molecule has 1 saturated heterocycles. The summed E-state index contributed by atoms with van der Waals surface area (Å²) in [6, 6.07) is 12.8. The maximum absolute atomic E-state index is 9.58. The number of rotatable bonds is 1. The van der Waals surface area contributed by atoms with Gasteiger partial charge in [0.1, 0.15) is 0 Å². The largest absolute Gasteiger partial charge is 0.306 e. The Morgan fingerprint density at radius 2 is 2.06 bits per heavy atom. The molecule has 0 bridgehead atoms. The third-order valence-electron chi connectivity index (χ3n) is 3.80. The van der Waals surface area contributed by atoms with Gasteiger partial charge in [0, 0.05) is 6.54 Å². The zero-order chi connectivity index (χ0) is 11.6. The maximum atomic E-state index is 9.58. The fourth-order valence-corrected chi connectivity index (χ4v) is 2.72. The molecule has 1 aliphatic heterocycles. The zero-order valence-corrected chi connectivity index (χ0v) is 9.98. The van der Waals surface area contributed by atoms with Crippen LogP contribution in [0.25, 0.3) is 0 Å². The molecule has 0 spiro atoms. The van der Waals surface area contributed by atoms with Gasteiger partial charge in [-0.1, -0.05) is 37.3 Å². The third-order valence-corrected chi connectivity index (χ3v) is 3.80. The Balaban J connectivity index is 2.37. The van der Waals surface area contributed by atoms with Gasteiger partial charge in [0.2, 0.25) is 0 Å². The second-order valence-corrected chi connectivity index (χ2v) is 4.86. The summed E-state index contributed by atoms with van der Waals surface area (Å²) >= 11 is 0. The van der Waals surface area contributed by atoms with E-state index in [2.05, 4.69) is 37.1 Å². The Kier molecular flexibility index (Phi) is 2.98. The van der Waals surface area contributed by atoms with Crippen molar-refractivity contribution in [3.63, 3.8) is 0 Å². The average Bonchev–Trinajstić information content (AvgIpc) is 2.31. The molecule has 1 aromatic rings. The molecule has 0 amide bonds. The topological polar surface area (TPSA) is 27.0 Å². The van der Waals surface area contributed by atoms with Crippen molar-refractivity contribution in [2.75, 3.05) is 20.1 Å². The van der Waals surface area contributed by atoms with E-state index >= 15 is 0 Å². The van der Waals surface area contributed by atoms with E-state index < -0.39 is 0 Å². The fraction of sp³-hybridized carbons (Fsp3) is 0.500. The number of hydrogen-bond acceptors (Lipinski definition) is 2. The van der Waals surface area contributed by atoms with Crippen LogP contribution in [-0.2, 0) is 5.41 Å². The normalized spacial score (nSPS) is 30.9. The molecule has 0 unspecified atom stereocenters. The van der Waals surface area contributed by atoms with Crippen LogP contribution in [0.5, 0.6) is 0 Å². The van der Waals surface area contributed by atoms with Crippen LogP contribution in [0, 0.1) is 17.2 Å². The summed E-state index contributed by atoms with van der Waals surface area (Å²) < 4.78 is 0. The van der Waals surface area contributed by atoms with Crippen molar-refractivity contribution in [2.45, 2.75) is 18.8 Å². The minimum absolute atomic E-state index is 0.284. The highest BCUT2D eigenvalue weighted by Crippen LogP contribution is 2.38. The fourth-order valence-electron chi connectivity index (χ4n) is 2.72. The maximum Gasteiger partial charge on any atom is 0.0872 e. The van der Waals surface area contributed by atoms with Crippen LogP contribution in [0.1, 0.15) is 18.9 Å². The molecule has 2 rings (SSSR count). The molecule has 16 heavy (non-hydrogen) atoms. The number of nitrogens with zero attached hydrogens (tertiary/aromatic N) is 2. The predicted octanol–water partition coefficient (Wildman–Crippen LogP) is 2.42. The molecular formula is C14H18N2. The summed E-state index contributed by atoms with van der Waals surface area (Å²) in [6.07, 6.45) is 0.936. The van der Waals surface area contributed by atoms with Crippen molar-refractivity contribution in [2.24, 2.45) is 5.92 Å². The average molecular weight is 214 g/mol. The lowest BCUT2D eigenvalue weighted by Crippen LogP contribution is -2.46. The summed E-state index contributed by atoms with van der Waals surface area (Å²) in [6.45, 7) is 4.20. The first kappa shape index (κ1) is 11.2. The smallest absolute Gasteiger partial charge is 0.0872 e.